The molecule has 1 aliphatic rings. The standard InChI is InChI=1S/C31H37ClF6N6O2/c1-4-43(16-21-8-6-20(7-9-21)12-27(45)46-5-2)28-23(13-25(15-39-28)31(36,37)38)18-44(29-40-19-42(3)41-29)17-22-10-24(30(33,34)35)14-26(32)11-22/h10-11,13-15,19-21H,4-9,12,16-18H2,1-3H3. The smallest absolute Gasteiger partial charge is 0.417 e. The Kier molecular flexibility index (Phi) is 11.4. The molecule has 3 aromatic rings. The Hall–Kier alpha value is -3.55. The third-order valence-corrected chi connectivity index (χ3v) is 8.27. The highest BCUT2D eigenvalue weighted by molar-refractivity contribution is 6.30. The molecule has 1 aromatic carbocycles. The number of carbonyl (C=O) groups is 1. The highest BCUT2D eigenvalue weighted by atomic mass is 35.5. The molecule has 2 heterocycles. The van der Waals surface area contributed by atoms with E-state index in [1.54, 1.807) is 14.0 Å². The van der Waals surface area contributed by atoms with Crippen molar-refractivity contribution in [2.45, 2.75) is 71.4 Å². The van der Waals surface area contributed by atoms with Crippen LogP contribution in [0, 0.1) is 11.8 Å². The van der Waals surface area contributed by atoms with Gasteiger partial charge in [0, 0.05) is 56.4 Å². The van der Waals surface area contributed by atoms with E-state index in [0.29, 0.717) is 31.9 Å². The minimum atomic E-state index is -4.67. The zero-order chi connectivity index (χ0) is 33.6. The van der Waals surface area contributed by atoms with E-state index in [1.807, 2.05) is 11.8 Å². The van der Waals surface area contributed by atoms with Crippen LogP contribution in [0.5, 0.6) is 0 Å². The van der Waals surface area contributed by atoms with Gasteiger partial charge in [-0.3, -0.25) is 9.48 Å². The molecular weight excluding hydrogens is 638 g/mol. The SMILES string of the molecule is CCOC(=O)CC1CCC(CN(CC)c2ncc(C(F)(F)F)cc2CN(Cc2cc(Cl)cc(C(F)(F)F)c2)c2ncn(C)n2)CC1. The lowest BCUT2D eigenvalue weighted by Gasteiger charge is -2.34. The lowest BCUT2D eigenvalue weighted by atomic mass is 9.80. The average molecular weight is 675 g/mol. The molecule has 0 atom stereocenters. The van der Waals surface area contributed by atoms with E-state index in [-0.39, 0.29) is 53.0 Å². The van der Waals surface area contributed by atoms with E-state index in [2.05, 4.69) is 15.1 Å². The first-order chi connectivity index (χ1) is 21.7. The number of esters is 1. The lowest BCUT2D eigenvalue weighted by Crippen LogP contribution is -2.34. The van der Waals surface area contributed by atoms with Gasteiger partial charge in [-0.2, -0.15) is 26.3 Å². The van der Waals surface area contributed by atoms with Crippen LogP contribution in [0.15, 0.2) is 36.8 Å². The van der Waals surface area contributed by atoms with Crippen LogP contribution < -0.4 is 9.80 Å². The molecule has 46 heavy (non-hydrogen) atoms. The van der Waals surface area contributed by atoms with Gasteiger partial charge in [0.15, 0.2) is 0 Å². The number of hydrogen-bond donors (Lipinski definition) is 0. The Morgan fingerprint density at radius 1 is 0.935 bits per heavy atom. The summed E-state index contributed by atoms with van der Waals surface area (Å²) in [6.45, 7) is 4.65. The van der Waals surface area contributed by atoms with Crippen molar-refractivity contribution in [2.75, 3.05) is 29.5 Å². The summed E-state index contributed by atoms with van der Waals surface area (Å²) in [5.74, 6) is 0.707. The number of carbonyl (C=O) groups excluding carboxylic acids is 1. The second-order valence-electron chi connectivity index (χ2n) is 11.6. The molecule has 252 valence electrons. The van der Waals surface area contributed by atoms with Crippen LogP contribution in [0.4, 0.5) is 38.1 Å². The second-order valence-corrected chi connectivity index (χ2v) is 12.0. The summed E-state index contributed by atoms with van der Waals surface area (Å²) >= 11 is 6.03. The largest absolute Gasteiger partial charge is 0.466 e. The molecule has 0 unspecified atom stereocenters. The summed E-state index contributed by atoms with van der Waals surface area (Å²) in [5.41, 5.74) is -1.49. The molecule has 0 N–H and O–H groups in total. The van der Waals surface area contributed by atoms with Gasteiger partial charge in [-0.15, -0.1) is 5.10 Å². The quantitative estimate of drug-likeness (QED) is 0.144. The van der Waals surface area contributed by atoms with Crippen molar-refractivity contribution in [3.63, 3.8) is 0 Å². The number of benzene rings is 1. The van der Waals surface area contributed by atoms with Gasteiger partial charge in [-0.1, -0.05) is 11.6 Å². The number of rotatable bonds is 12. The van der Waals surface area contributed by atoms with Gasteiger partial charge in [0.2, 0.25) is 5.95 Å². The molecule has 1 aliphatic carbocycles. The maximum atomic E-state index is 13.9. The molecule has 1 fully saturated rings. The number of halogens is 7. The first-order valence-electron chi connectivity index (χ1n) is 15.1. The van der Waals surface area contributed by atoms with E-state index >= 15 is 0 Å². The van der Waals surface area contributed by atoms with Crippen molar-refractivity contribution in [1.82, 2.24) is 19.7 Å². The Morgan fingerprint density at radius 2 is 1.61 bits per heavy atom. The molecular formula is C31H37ClF6N6O2. The number of aromatic nitrogens is 4. The van der Waals surface area contributed by atoms with E-state index in [0.717, 1.165) is 50.1 Å². The highest BCUT2D eigenvalue weighted by Gasteiger charge is 2.34. The molecule has 0 bridgehead atoms. The molecule has 15 heteroatoms. The predicted molar refractivity (Wildman–Crippen MR) is 161 cm³/mol. The van der Waals surface area contributed by atoms with E-state index in [9.17, 15) is 31.1 Å². The van der Waals surface area contributed by atoms with Crippen molar-refractivity contribution >= 4 is 29.3 Å². The third-order valence-electron chi connectivity index (χ3n) is 8.05. The summed E-state index contributed by atoms with van der Waals surface area (Å²) < 4.78 is 88.8. The Labute approximate surface area is 268 Å². The van der Waals surface area contributed by atoms with Gasteiger partial charge >= 0.3 is 18.3 Å². The minimum absolute atomic E-state index is 0.113. The van der Waals surface area contributed by atoms with Crippen LogP contribution in [0.3, 0.4) is 0 Å². The monoisotopic (exact) mass is 674 g/mol. The molecule has 0 aliphatic heterocycles. The van der Waals surface area contributed by atoms with Crippen molar-refractivity contribution in [3.8, 4) is 0 Å². The number of alkyl halides is 6. The van der Waals surface area contributed by atoms with Crippen LogP contribution >= 0.6 is 11.6 Å². The summed E-state index contributed by atoms with van der Waals surface area (Å²) in [5, 5.41) is 4.15. The van der Waals surface area contributed by atoms with Gasteiger partial charge in [-0.05, 0) is 81.2 Å². The summed E-state index contributed by atoms with van der Waals surface area (Å²) in [6, 6.07) is 4.15. The Morgan fingerprint density at radius 3 is 2.20 bits per heavy atom. The third kappa shape index (κ3) is 9.49. The van der Waals surface area contributed by atoms with E-state index in [1.165, 1.54) is 22.0 Å². The molecule has 0 saturated heterocycles. The Bertz CT molecular complexity index is 1470. The lowest BCUT2D eigenvalue weighted by molar-refractivity contribution is -0.144. The second kappa shape index (κ2) is 14.9. The maximum absolute atomic E-state index is 13.9. The fourth-order valence-electron chi connectivity index (χ4n) is 5.81. The van der Waals surface area contributed by atoms with Crippen LogP contribution in [0.25, 0.3) is 0 Å². The molecule has 2 aromatic heterocycles. The van der Waals surface area contributed by atoms with Crippen LogP contribution in [-0.2, 0) is 42.0 Å². The topological polar surface area (TPSA) is 76.4 Å². The van der Waals surface area contributed by atoms with Crippen molar-refractivity contribution in [2.24, 2.45) is 18.9 Å². The highest BCUT2D eigenvalue weighted by Crippen LogP contribution is 2.36. The van der Waals surface area contributed by atoms with Crippen molar-refractivity contribution < 1.29 is 35.9 Å². The van der Waals surface area contributed by atoms with Gasteiger partial charge in [-0.25, -0.2) is 9.97 Å². The molecule has 8 nitrogen and oxygen atoms in total. The number of aryl methyl sites for hydroxylation is 1. The van der Waals surface area contributed by atoms with Crippen LogP contribution in [0.2, 0.25) is 5.02 Å². The number of hydrogen-bond acceptors (Lipinski definition) is 7. The summed E-state index contributed by atoms with van der Waals surface area (Å²) in [4.78, 5) is 23.9. The first-order valence-corrected chi connectivity index (χ1v) is 15.5. The molecule has 4 rings (SSSR count). The zero-order valence-electron chi connectivity index (χ0n) is 25.8. The van der Waals surface area contributed by atoms with Gasteiger partial charge in [0.25, 0.3) is 0 Å². The number of pyridine rings is 1. The molecule has 1 saturated carbocycles. The number of nitrogens with zero attached hydrogens (tertiary/aromatic N) is 6. The van der Waals surface area contributed by atoms with Gasteiger partial charge in [0.1, 0.15) is 12.1 Å². The van der Waals surface area contributed by atoms with Crippen LogP contribution in [0.1, 0.15) is 68.2 Å². The van der Waals surface area contributed by atoms with Gasteiger partial charge < -0.3 is 14.5 Å². The van der Waals surface area contributed by atoms with Crippen molar-refractivity contribution in [1.29, 1.82) is 0 Å². The normalized spacial score (nSPS) is 17.2. The van der Waals surface area contributed by atoms with Gasteiger partial charge in [0.05, 0.1) is 17.7 Å². The fourth-order valence-corrected chi connectivity index (χ4v) is 6.07. The predicted octanol–water partition coefficient (Wildman–Crippen LogP) is 7.69. The van der Waals surface area contributed by atoms with Crippen LogP contribution in [-0.4, -0.2) is 45.4 Å². The summed E-state index contributed by atoms with van der Waals surface area (Å²) in [7, 11) is 1.60. The average Bonchev–Trinajstić information content (AvgIpc) is 3.41. The van der Waals surface area contributed by atoms with E-state index in [4.69, 9.17) is 16.3 Å². The Balaban J connectivity index is 1.63. The maximum Gasteiger partial charge on any atom is 0.417 e. The fraction of sp³-hybridized carbons (Fsp3) is 0.548. The number of ether oxygens (including phenoxy) is 1. The molecule has 0 spiro atoms. The molecule has 0 radical (unpaired) electrons. The summed E-state index contributed by atoms with van der Waals surface area (Å²) in [6.07, 6.45) is -3.38. The first kappa shape index (κ1) is 35.3. The number of anilines is 2. The minimum Gasteiger partial charge on any atom is -0.466 e. The van der Waals surface area contributed by atoms with E-state index < -0.39 is 23.5 Å². The van der Waals surface area contributed by atoms with Crippen molar-refractivity contribution in [3.05, 3.63) is 64.1 Å². The molecule has 0 amide bonds. The zero-order valence-corrected chi connectivity index (χ0v) is 26.6.